The Morgan fingerprint density at radius 2 is 1.53 bits per heavy atom. The predicted molar refractivity (Wildman–Crippen MR) is 170 cm³/mol. The lowest BCUT2D eigenvalue weighted by molar-refractivity contribution is -0.139. The second-order valence-electron chi connectivity index (χ2n) is 11.5. The molecule has 9 heteroatoms. The summed E-state index contributed by atoms with van der Waals surface area (Å²) in [5.41, 5.74) is 3.85. The number of hydrogen-bond acceptors (Lipinski definition) is 5. The highest BCUT2D eigenvalue weighted by molar-refractivity contribution is 7.92. The number of anilines is 1. The minimum absolute atomic E-state index is 0.0789. The molecule has 3 aromatic rings. The zero-order valence-corrected chi connectivity index (χ0v) is 26.6. The van der Waals surface area contributed by atoms with Gasteiger partial charge in [-0.3, -0.25) is 13.9 Å². The largest absolute Gasteiger partial charge is 0.497 e. The molecule has 4 rings (SSSR count). The fourth-order valence-electron chi connectivity index (χ4n) is 5.51. The summed E-state index contributed by atoms with van der Waals surface area (Å²) in [4.78, 5) is 29.3. The van der Waals surface area contributed by atoms with Crippen LogP contribution in [-0.2, 0) is 26.2 Å². The van der Waals surface area contributed by atoms with Crippen LogP contribution in [0, 0.1) is 20.8 Å². The van der Waals surface area contributed by atoms with E-state index in [0.29, 0.717) is 11.4 Å². The Kier molecular flexibility index (Phi) is 10.5. The van der Waals surface area contributed by atoms with Gasteiger partial charge in [-0.05, 0) is 82.0 Å². The molecule has 0 spiro atoms. The van der Waals surface area contributed by atoms with E-state index in [-0.39, 0.29) is 23.4 Å². The first-order valence-corrected chi connectivity index (χ1v) is 16.3. The van der Waals surface area contributed by atoms with Crippen LogP contribution in [0.1, 0.15) is 61.3 Å². The molecule has 1 saturated carbocycles. The standard InChI is InChI=1S/C34H43N3O5S/c1-24-11-18-31(19-12-24)43(40,41)37(32-20-13-25(2)21-26(32)3)23-33(38)36(22-28-14-16-30(42-5)17-15-28)27(4)34(39)35-29-9-7-6-8-10-29/h11-21,27,29H,6-10,22-23H2,1-5H3,(H,35,39)/t27-/m1/s1. The summed E-state index contributed by atoms with van der Waals surface area (Å²) in [6.45, 7) is 7.03. The number of carbonyl (C=O) groups excluding carboxylic acids is 2. The number of sulfonamides is 1. The third kappa shape index (κ3) is 7.96. The molecule has 8 nitrogen and oxygen atoms in total. The second-order valence-corrected chi connectivity index (χ2v) is 13.4. The molecule has 1 aliphatic rings. The molecule has 0 unspecified atom stereocenters. The molecule has 0 heterocycles. The monoisotopic (exact) mass is 605 g/mol. The molecule has 0 aliphatic heterocycles. The van der Waals surface area contributed by atoms with Gasteiger partial charge in [-0.1, -0.05) is 66.8 Å². The van der Waals surface area contributed by atoms with E-state index in [2.05, 4.69) is 5.32 Å². The molecular weight excluding hydrogens is 562 g/mol. The lowest BCUT2D eigenvalue weighted by Gasteiger charge is -2.33. The molecule has 1 atom stereocenters. The van der Waals surface area contributed by atoms with Gasteiger partial charge in [-0.25, -0.2) is 8.42 Å². The van der Waals surface area contributed by atoms with Crippen LogP contribution in [0.15, 0.2) is 71.6 Å². The minimum Gasteiger partial charge on any atom is -0.497 e. The highest BCUT2D eigenvalue weighted by atomic mass is 32.2. The smallest absolute Gasteiger partial charge is 0.264 e. The Hall–Kier alpha value is -3.85. The van der Waals surface area contributed by atoms with Crippen molar-refractivity contribution in [2.45, 2.75) is 83.3 Å². The van der Waals surface area contributed by atoms with Crippen molar-refractivity contribution in [3.05, 3.63) is 89.0 Å². The molecule has 0 saturated heterocycles. The molecule has 3 aromatic carbocycles. The van der Waals surface area contributed by atoms with Gasteiger partial charge in [0.25, 0.3) is 10.0 Å². The highest BCUT2D eigenvalue weighted by Gasteiger charge is 2.33. The molecule has 1 aliphatic carbocycles. The first kappa shape index (κ1) is 32.1. The third-order valence-corrected chi connectivity index (χ3v) is 9.91. The van der Waals surface area contributed by atoms with E-state index in [1.165, 1.54) is 9.21 Å². The number of ether oxygens (including phenoxy) is 1. The van der Waals surface area contributed by atoms with Crippen molar-refractivity contribution in [3.63, 3.8) is 0 Å². The van der Waals surface area contributed by atoms with Crippen molar-refractivity contribution in [3.8, 4) is 5.75 Å². The van der Waals surface area contributed by atoms with Crippen molar-refractivity contribution in [2.75, 3.05) is 18.0 Å². The number of aryl methyl sites for hydroxylation is 3. The Morgan fingerprint density at radius 1 is 0.907 bits per heavy atom. The first-order chi connectivity index (χ1) is 20.5. The van der Waals surface area contributed by atoms with Crippen molar-refractivity contribution in [1.82, 2.24) is 10.2 Å². The summed E-state index contributed by atoms with van der Waals surface area (Å²) in [6, 6.07) is 18.6. The third-order valence-electron chi connectivity index (χ3n) is 8.14. The van der Waals surface area contributed by atoms with Gasteiger partial charge in [0.05, 0.1) is 17.7 Å². The SMILES string of the molecule is COc1ccc(CN(C(=O)CN(c2ccc(C)cc2C)S(=O)(=O)c2ccc(C)cc2)[C@H](C)C(=O)NC2CCCCC2)cc1. The molecular formula is C34H43N3O5S. The molecule has 2 amide bonds. The van der Waals surface area contributed by atoms with Crippen molar-refractivity contribution in [1.29, 1.82) is 0 Å². The van der Waals surface area contributed by atoms with Crippen molar-refractivity contribution >= 4 is 27.5 Å². The Morgan fingerprint density at radius 3 is 2.14 bits per heavy atom. The Labute approximate surface area is 256 Å². The summed E-state index contributed by atoms with van der Waals surface area (Å²) in [6.07, 6.45) is 5.12. The van der Waals surface area contributed by atoms with Crippen LogP contribution in [0.2, 0.25) is 0 Å². The van der Waals surface area contributed by atoms with Crippen LogP contribution in [-0.4, -0.2) is 50.9 Å². The Bertz CT molecular complexity index is 1510. The van der Waals surface area contributed by atoms with E-state index < -0.39 is 28.5 Å². The zero-order valence-electron chi connectivity index (χ0n) is 25.8. The topological polar surface area (TPSA) is 96.0 Å². The second kappa shape index (κ2) is 14.1. The number of nitrogens with zero attached hydrogens (tertiary/aromatic N) is 2. The molecule has 43 heavy (non-hydrogen) atoms. The number of benzene rings is 3. The number of amides is 2. The van der Waals surface area contributed by atoms with Gasteiger partial charge in [-0.2, -0.15) is 0 Å². The maximum atomic E-state index is 14.2. The lowest BCUT2D eigenvalue weighted by atomic mass is 9.95. The van der Waals surface area contributed by atoms with Crippen molar-refractivity contribution in [2.24, 2.45) is 0 Å². The van der Waals surface area contributed by atoms with E-state index in [9.17, 15) is 18.0 Å². The number of rotatable bonds is 11. The number of methoxy groups -OCH3 is 1. The maximum Gasteiger partial charge on any atom is 0.264 e. The molecule has 1 fully saturated rings. The van der Waals surface area contributed by atoms with Gasteiger partial charge < -0.3 is 15.0 Å². The number of hydrogen-bond donors (Lipinski definition) is 1. The molecule has 230 valence electrons. The van der Waals surface area contributed by atoms with Crippen LogP contribution in [0.3, 0.4) is 0 Å². The average Bonchev–Trinajstić information content (AvgIpc) is 2.99. The van der Waals surface area contributed by atoms with Gasteiger partial charge in [0.2, 0.25) is 11.8 Å². The average molecular weight is 606 g/mol. The summed E-state index contributed by atoms with van der Waals surface area (Å²) < 4.78 is 34.6. The zero-order chi connectivity index (χ0) is 31.1. The van der Waals surface area contributed by atoms with Crippen LogP contribution in [0.5, 0.6) is 5.75 Å². The Balaban J connectivity index is 1.70. The minimum atomic E-state index is -4.12. The van der Waals surface area contributed by atoms with E-state index >= 15 is 0 Å². The molecule has 1 N–H and O–H groups in total. The fraction of sp³-hybridized carbons (Fsp3) is 0.412. The molecule has 0 radical (unpaired) electrons. The summed E-state index contributed by atoms with van der Waals surface area (Å²) in [5.74, 6) is -0.0408. The lowest BCUT2D eigenvalue weighted by Crippen LogP contribution is -2.53. The number of carbonyl (C=O) groups is 2. The van der Waals surface area contributed by atoms with Crippen LogP contribution < -0.4 is 14.4 Å². The van der Waals surface area contributed by atoms with E-state index in [1.807, 2.05) is 45.0 Å². The summed E-state index contributed by atoms with van der Waals surface area (Å²) in [5, 5.41) is 3.14. The van der Waals surface area contributed by atoms with Crippen molar-refractivity contribution < 1.29 is 22.7 Å². The molecule has 0 bridgehead atoms. The van der Waals surface area contributed by atoms with Gasteiger partial charge in [0, 0.05) is 12.6 Å². The summed E-state index contributed by atoms with van der Waals surface area (Å²) in [7, 11) is -2.53. The summed E-state index contributed by atoms with van der Waals surface area (Å²) >= 11 is 0. The normalized spacial score (nSPS) is 14.5. The van der Waals surface area contributed by atoms with Gasteiger partial charge in [0.1, 0.15) is 18.3 Å². The van der Waals surface area contributed by atoms with Gasteiger partial charge in [-0.15, -0.1) is 0 Å². The molecule has 0 aromatic heterocycles. The fourth-order valence-corrected chi connectivity index (χ4v) is 6.99. The van der Waals surface area contributed by atoms with Gasteiger partial charge in [0.15, 0.2) is 0 Å². The van der Waals surface area contributed by atoms with Crippen LogP contribution in [0.25, 0.3) is 0 Å². The van der Waals surface area contributed by atoms with Crippen LogP contribution >= 0.6 is 0 Å². The predicted octanol–water partition coefficient (Wildman–Crippen LogP) is 5.68. The van der Waals surface area contributed by atoms with E-state index in [0.717, 1.165) is 54.4 Å². The first-order valence-electron chi connectivity index (χ1n) is 14.9. The quantitative estimate of drug-likeness (QED) is 0.303. The number of nitrogens with one attached hydrogen (secondary N) is 1. The van der Waals surface area contributed by atoms with Gasteiger partial charge >= 0.3 is 0 Å². The van der Waals surface area contributed by atoms with E-state index in [1.54, 1.807) is 56.5 Å². The van der Waals surface area contributed by atoms with Crippen LogP contribution in [0.4, 0.5) is 5.69 Å². The maximum absolute atomic E-state index is 14.2. The van der Waals surface area contributed by atoms with E-state index in [4.69, 9.17) is 4.74 Å². The highest BCUT2D eigenvalue weighted by Crippen LogP contribution is 2.29.